The fourth-order valence-electron chi connectivity index (χ4n) is 1.80. The first-order valence-corrected chi connectivity index (χ1v) is 7.71. The highest BCUT2D eigenvalue weighted by Crippen LogP contribution is 2.24. The predicted octanol–water partition coefficient (Wildman–Crippen LogP) is 2.93. The van der Waals surface area contributed by atoms with E-state index in [1.807, 2.05) is 0 Å². The van der Waals surface area contributed by atoms with Crippen molar-refractivity contribution in [3.05, 3.63) is 64.6 Å². The third-order valence-electron chi connectivity index (χ3n) is 2.95. The number of hydrogen-bond donors (Lipinski definition) is 2. The van der Waals surface area contributed by atoms with E-state index < -0.39 is 20.8 Å². The van der Waals surface area contributed by atoms with Crippen LogP contribution in [0.4, 0.5) is 5.69 Å². The van der Waals surface area contributed by atoms with E-state index in [1.54, 1.807) is 0 Å². The summed E-state index contributed by atoms with van der Waals surface area (Å²) in [5, 5.41) is 12.1. The van der Waals surface area contributed by atoms with Gasteiger partial charge < -0.3 is 5.11 Å². The number of ketones is 1. The van der Waals surface area contributed by atoms with E-state index in [0.717, 1.165) is 12.1 Å². The molecule has 0 unspecified atom stereocenters. The Kier molecular flexibility index (Phi) is 4.68. The van der Waals surface area contributed by atoms with Gasteiger partial charge in [-0.25, -0.2) is 0 Å². The Morgan fingerprint density at radius 3 is 2.30 bits per heavy atom. The monoisotopic (exact) mass is 333 g/mol. The SMILES string of the molecule is O=Nc1ccc(C(=O)/C=C/c2ccc(O)c(S(=O)(=O)O)c2)cc1. The molecule has 0 atom stereocenters. The molecule has 2 aromatic rings. The Bertz CT molecular complexity index is 885. The van der Waals surface area contributed by atoms with Gasteiger partial charge in [0.05, 0.1) is 0 Å². The number of allylic oxidation sites excluding steroid dienone is 1. The van der Waals surface area contributed by atoms with Crippen molar-refractivity contribution in [3.63, 3.8) is 0 Å². The smallest absolute Gasteiger partial charge is 0.298 e. The molecule has 2 rings (SSSR count). The topological polar surface area (TPSA) is 121 Å². The summed E-state index contributed by atoms with van der Waals surface area (Å²) in [6.45, 7) is 0. The molecule has 2 aromatic carbocycles. The zero-order valence-corrected chi connectivity index (χ0v) is 12.4. The van der Waals surface area contributed by atoms with Crippen LogP contribution in [0.5, 0.6) is 5.75 Å². The predicted molar refractivity (Wildman–Crippen MR) is 83.2 cm³/mol. The lowest BCUT2D eigenvalue weighted by Gasteiger charge is -2.02. The molecule has 0 aliphatic heterocycles. The average molecular weight is 333 g/mol. The second-order valence-corrected chi connectivity index (χ2v) is 5.93. The van der Waals surface area contributed by atoms with Crippen LogP contribution in [0, 0.1) is 4.91 Å². The van der Waals surface area contributed by atoms with Gasteiger partial charge in [-0.3, -0.25) is 9.35 Å². The van der Waals surface area contributed by atoms with Gasteiger partial charge in [0.1, 0.15) is 16.3 Å². The minimum atomic E-state index is -4.56. The molecule has 2 N–H and O–H groups in total. The van der Waals surface area contributed by atoms with Gasteiger partial charge in [-0.15, -0.1) is 4.91 Å². The van der Waals surface area contributed by atoms with Crippen LogP contribution >= 0.6 is 0 Å². The van der Waals surface area contributed by atoms with E-state index in [9.17, 15) is 23.2 Å². The van der Waals surface area contributed by atoms with Crippen LogP contribution in [-0.4, -0.2) is 23.9 Å². The van der Waals surface area contributed by atoms with Crippen molar-refractivity contribution in [1.82, 2.24) is 0 Å². The molecule has 7 nitrogen and oxygen atoms in total. The highest BCUT2D eigenvalue weighted by Gasteiger charge is 2.15. The number of aromatic hydroxyl groups is 1. The molecule has 118 valence electrons. The number of rotatable bonds is 5. The summed E-state index contributed by atoms with van der Waals surface area (Å²) in [6.07, 6.45) is 2.53. The van der Waals surface area contributed by atoms with E-state index >= 15 is 0 Å². The Labute approximate surface area is 131 Å². The van der Waals surface area contributed by atoms with Crippen LogP contribution in [0.1, 0.15) is 15.9 Å². The first-order valence-electron chi connectivity index (χ1n) is 6.27. The number of benzene rings is 2. The van der Waals surface area contributed by atoms with Crippen LogP contribution in [0.15, 0.2) is 58.6 Å². The first-order chi connectivity index (χ1) is 10.8. The molecule has 0 radical (unpaired) electrons. The maximum absolute atomic E-state index is 12.0. The summed E-state index contributed by atoms with van der Waals surface area (Å²) in [6, 6.07) is 9.17. The van der Waals surface area contributed by atoms with Gasteiger partial charge in [-0.1, -0.05) is 12.1 Å². The molecule has 0 aliphatic rings. The maximum Gasteiger partial charge on any atom is 0.298 e. The minimum Gasteiger partial charge on any atom is -0.506 e. The van der Waals surface area contributed by atoms with E-state index in [2.05, 4.69) is 5.18 Å². The number of phenols is 1. The van der Waals surface area contributed by atoms with Gasteiger partial charge in [0.2, 0.25) is 0 Å². The van der Waals surface area contributed by atoms with Crippen molar-refractivity contribution in [2.24, 2.45) is 5.18 Å². The zero-order valence-electron chi connectivity index (χ0n) is 11.6. The van der Waals surface area contributed by atoms with E-state index in [-0.39, 0.29) is 11.5 Å². The minimum absolute atomic E-state index is 0.196. The maximum atomic E-state index is 12.0. The van der Waals surface area contributed by atoms with Crippen LogP contribution in [0.2, 0.25) is 0 Å². The first kappa shape index (κ1) is 16.5. The van der Waals surface area contributed by atoms with Gasteiger partial charge in [-0.05, 0) is 53.2 Å². The molecular formula is C15H11NO6S. The average Bonchev–Trinajstić information content (AvgIpc) is 2.52. The van der Waals surface area contributed by atoms with Gasteiger partial charge >= 0.3 is 0 Å². The van der Waals surface area contributed by atoms with Crippen molar-refractivity contribution >= 4 is 27.7 Å². The van der Waals surface area contributed by atoms with Crippen LogP contribution in [0.25, 0.3) is 6.08 Å². The van der Waals surface area contributed by atoms with Crippen molar-refractivity contribution < 1.29 is 22.9 Å². The second kappa shape index (κ2) is 6.51. The molecule has 0 spiro atoms. The van der Waals surface area contributed by atoms with Gasteiger partial charge in [0.15, 0.2) is 5.78 Å². The number of nitrogens with zero attached hydrogens (tertiary/aromatic N) is 1. The highest BCUT2D eigenvalue weighted by atomic mass is 32.2. The second-order valence-electron chi connectivity index (χ2n) is 4.54. The number of nitroso groups, excluding NO2 is 1. The molecule has 8 heteroatoms. The van der Waals surface area contributed by atoms with Crippen LogP contribution in [-0.2, 0) is 10.1 Å². The molecule has 0 amide bonds. The number of hydrogen-bond acceptors (Lipinski definition) is 6. The van der Waals surface area contributed by atoms with E-state index in [4.69, 9.17) is 4.55 Å². The zero-order chi connectivity index (χ0) is 17.0. The van der Waals surface area contributed by atoms with Crippen LogP contribution in [0.3, 0.4) is 0 Å². The lowest BCUT2D eigenvalue weighted by atomic mass is 10.1. The summed E-state index contributed by atoms with van der Waals surface area (Å²) >= 11 is 0. The molecule has 0 heterocycles. The highest BCUT2D eigenvalue weighted by molar-refractivity contribution is 7.86. The summed E-state index contributed by atoms with van der Waals surface area (Å²) in [7, 11) is -4.56. The summed E-state index contributed by atoms with van der Waals surface area (Å²) in [5.41, 5.74) is 0.819. The summed E-state index contributed by atoms with van der Waals surface area (Å²) in [5.74, 6) is -0.961. The Hall–Kier alpha value is -2.84. The quantitative estimate of drug-likeness (QED) is 0.375. The molecule has 23 heavy (non-hydrogen) atoms. The molecular weight excluding hydrogens is 322 g/mol. The molecule has 0 fully saturated rings. The van der Waals surface area contributed by atoms with Crippen molar-refractivity contribution in [1.29, 1.82) is 0 Å². The summed E-state index contributed by atoms with van der Waals surface area (Å²) in [4.78, 5) is 21.6. The summed E-state index contributed by atoms with van der Waals surface area (Å²) < 4.78 is 31.2. The molecule has 0 aromatic heterocycles. The van der Waals surface area contributed by atoms with Gasteiger partial charge in [0.25, 0.3) is 10.1 Å². The van der Waals surface area contributed by atoms with Gasteiger partial charge in [0, 0.05) is 5.56 Å². The van der Waals surface area contributed by atoms with Crippen molar-refractivity contribution in [2.75, 3.05) is 0 Å². The molecule has 0 saturated heterocycles. The Morgan fingerprint density at radius 1 is 1.09 bits per heavy atom. The molecule has 0 saturated carbocycles. The van der Waals surface area contributed by atoms with Crippen molar-refractivity contribution in [3.8, 4) is 5.75 Å². The van der Waals surface area contributed by atoms with E-state index in [0.29, 0.717) is 11.1 Å². The van der Waals surface area contributed by atoms with E-state index in [1.165, 1.54) is 42.5 Å². The van der Waals surface area contributed by atoms with Crippen LogP contribution < -0.4 is 0 Å². The Morgan fingerprint density at radius 2 is 1.74 bits per heavy atom. The standard InChI is InChI=1S/C15H11NO6S/c17-13(11-3-5-12(16-19)6-4-11)7-1-10-2-8-14(18)15(9-10)23(20,21)22/h1-9,18H,(H,20,21,22)/b7-1+. The lowest BCUT2D eigenvalue weighted by molar-refractivity contribution is 0.104. The fraction of sp³-hybridized carbons (Fsp3) is 0. The number of carbonyl (C=O) groups is 1. The molecule has 0 aliphatic carbocycles. The Balaban J connectivity index is 2.25. The lowest BCUT2D eigenvalue weighted by Crippen LogP contribution is -1.99. The number of carbonyl (C=O) groups excluding carboxylic acids is 1. The normalized spacial score (nSPS) is 11.5. The fourth-order valence-corrected chi connectivity index (χ4v) is 2.41. The molecule has 0 bridgehead atoms. The largest absolute Gasteiger partial charge is 0.506 e. The third-order valence-corrected chi connectivity index (χ3v) is 3.83. The van der Waals surface area contributed by atoms with Crippen molar-refractivity contribution in [2.45, 2.75) is 4.90 Å². The van der Waals surface area contributed by atoms with Gasteiger partial charge in [-0.2, -0.15) is 8.42 Å². The number of phenolic OH excluding ortho intramolecular Hbond substituents is 1. The third kappa shape index (κ3) is 4.09.